The SMILES string of the molecule is NNC(=O)c1ccc(CN2CC(O)C(O)C2)s1. The first kappa shape index (κ1) is 12.5. The van der Waals surface area contributed by atoms with E-state index in [1.54, 1.807) is 6.07 Å². The Kier molecular flexibility index (Phi) is 3.75. The van der Waals surface area contributed by atoms with Crippen LogP contribution in [0.3, 0.4) is 0 Å². The molecule has 2 heterocycles. The largest absolute Gasteiger partial charge is 0.389 e. The predicted octanol–water partition coefficient (Wildman–Crippen LogP) is -1.11. The van der Waals surface area contributed by atoms with Crippen molar-refractivity contribution in [3.8, 4) is 0 Å². The van der Waals surface area contributed by atoms with E-state index in [-0.39, 0.29) is 5.91 Å². The number of hydrogen-bond donors (Lipinski definition) is 4. The van der Waals surface area contributed by atoms with E-state index in [0.717, 1.165) is 4.88 Å². The summed E-state index contributed by atoms with van der Waals surface area (Å²) in [5.41, 5.74) is 2.08. The molecule has 1 aromatic rings. The zero-order valence-corrected chi connectivity index (χ0v) is 9.98. The molecule has 0 saturated carbocycles. The molecule has 1 aromatic heterocycles. The second-order valence-electron chi connectivity index (χ2n) is 4.07. The lowest BCUT2D eigenvalue weighted by Gasteiger charge is -2.12. The number of carbonyl (C=O) groups is 1. The minimum absolute atomic E-state index is 0.303. The van der Waals surface area contributed by atoms with E-state index >= 15 is 0 Å². The van der Waals surface area contributed by atoms with E-state index in [0.29, 0.717) is 24.5 Å². The second-order valence-corrected chi connectivity index (χ2v) is 5.24. The molecule has 94 valence electrons. The summed E-state index contributed by atoms with van der Waals surface area (Å²) < 4.78 is 0. The molecule has 2 rings (SSSR count). The molecular formula is C10H15N3O3S. The Morgan fingerprint density at radius 2 is 2.12 bits per heavy atom. The Bertz CT molecular complexity index is 399. The van der Waals surface area contributed by atoms with Crippen molar-refractivity contribution in [3.63, 3.8) is 0 Å². The summed E-state index contributed by atoms with van der Waals surface area (Å²) in [5, 5.41) is 18.8. The first-order valence-corrected chi connectivity index (χ1v) is 6.10. The van der Waals surface area contributed by atoms with Crippen LogP contribution in [-0.4, -0.2) is 46.3 Å². The fraction of sp³-hybridized carbons (Fsp3) is 0.500. The topological polar surface area (TPSA) is 98.8 Å². The van der Waals surface area contributed by atoms with Gasteiger partial charge >= 0.3 is 0 Å². The normalized spacial score (nSPS) is 25.1. The Balaban J connectivity index is 1.96. The number of aliphatic hydroxyl groups is 2. The van der Waals surface area contributed by atoms with Gasteiger partial charge in [-0.2, -0.15) is 0 Å². The van der Waals surface area contributed by atoms with Crippen LogP contribution >= 0.6 is 11.3 Å². The number of nitrogens with two attached hydrogens (primary N) is 1. The van der Waals surface area contributed by atoms with Gasteiger partial charge in [0.2, 0.25) is 0 Å². The lowest BCUT2D eigenvalue weighted by atomic mass is 10.3. The summed E-state index contributed by atoms with van der Waals surface area (Å²) >= 11 is 1.36. The summed E-state index contributed by atoms with van der Waals surface area (Å²) in [7, 11) is 0. The highest BCUT2D eigenvalue weighted by atomic mass is 32.1. The van der Waals surface area contributed by atoms with Crippen LogP contribution in [-0.2, 0) is 6.54 Å². The van der Waals surface area contributed by atoms with Crippen molar-refractivity contribution in [2.24, 2.45) is 5.84 Å². The number of nitrogen functional groups attached to an aromatic ring is 1. The number of nitrogens with one attached hydrogen (secondary N) is 1. The molecule has 0 aromatic carbocycles. The fourth-order valence-electron chi connectivity index (χ4n) is 1.85. The van der Waals surface area contributed by atoms with Crippen molar-refractivity contribution in [2.75, 3.05) is 13.1 Å². The Morgan fingerprint density at radius 1 is 1.47 bits per heavy atom. The minimum atomic E-state index is -0.679. The van der Waals surface area contributed by atoms with Gasteiger partial charge in [-0.05, 0) is 12.1 Å². The molecule has 1 saturated heterocycles. The van der Waals surface area contributed by atoms with Gasteiger partial charge in [0.1, 0.15) is 0 Å². The molecule has 5 N–H and O–H groups in total. The highest BCUT2D eigenvalue weighted by Crippen LogP contribution is 2.20. The van der Waals surface area contributed by atoms with Gasteiger partial charge in [-0.15, -0.1) is 11.3 Å². The molecule has 7 heteroatoms. The third-order valence-corrected chi connectivity index (χ3v) is 3.80. The van der Waals surface area contributed by atoms with Gasteiger partial charge in [0.25, 0.3) is 5.91 Å². The number of hydrogen-bond acceptors (Lipinski definition) is 6. The summed E-state index contributed by atoms with van der Waals surface area (Å²) in [6, 6.07) is 3.57. The van der Waals surface area contributed by atoms with Crippen molar-refractivity contribution in [1.82, 2.24) is 10.3 Å². The molecule has 0 radical (unpaired) electrons. The maximum Gasteiger partial charge on any atom is 0.275 e. The molecule has 2 atom stereocenters. The smallest absolute Gasteiger partial charge is 0.275 e. The number of aliphatic hydroxyl groups excluding tert-OH is 2. The number of rotatable bonds is 3. The van der Waals surface area contributed by atoms with Crippen LogP contribution in [0.15, 0.2) is 12.1 Å². The molecule has 17 heavy (non-hydrogen) atoms. The van der Waals surface area contributed by atoms with E-state index in [9.17, 15) is 15.0 Å². The highest BCUT2D eigenvalue weighted by Gasteiger charge is 2.29. The highest BCUT2D eigenvalue weighted by molar-refractivity contribution is 7.14. The quantitative estimate of drug-likeness (QED) is 0.313. The average molecular weight is 257 g/mol. The van der Waals surface area contributed by atoms with Gasteiger partial charge in [-0.3, -0.25) is 15.1 Å². The van der Waals surface area contributed by atoms with Crippen LogP contribution in [0.4, 0.5) is 0 Å². The molecule has 0 spiro atoms. The van der Waals surface area contributed by atoms with Gasteiger partial charge in [-0.1, -0.05) is 0 Å². The zero-order valence-electron chi connectivity index (χ0n) is 9.17. The monoisotopic (exact) mass is 257 g/mol. The van der Waals surface area contributed by atoms with Crippen LogP contribution in [0.1, 0.15) is 14.5 Å². The summed E-state index contributed by atoms with van der Waals surface area (Å²) in [5.74, 6) is 4.74. The minimum Gasteiger partial charge on any atom is -0.389 e. The lowest BCUT2D eigenvalue weighted by Crippen LogP contribution is -2.29. The Morgan fingerprint density at radius 3 is 2.71 bits per heavy atom. The van der Waals surface area contributed by atoms with E-state index in [1.165, 1.54) is 11.3 Å². The van der Waals surface area contributed by atoms with E-state index in [1.807, 2.05) is 11.0 Å². The Hall–Kier alpha value is -0.990. The first-order valence-electron chi connectivity index (χ1n) is 5.28. The van der Waals surface area contributed by atoms with Crippen molar-refractivity contribution in [3.05, 3.63) is 21.9 Å². The molecule has 2 unspecified atom stereocenters. The molecule has 1 fully saturated rings. The number of nitrogens with zero attached hydrogens (tertiary/aromatic N) is 1. The second kappa shape index (κ2) is 5.11. The van der Waals surface area contributed by atoms with Crippen molar-refractivity contribution in [1.29, 1.82) is 0 Å². The van der Waals surface area contributed by atoms with E-state index in [4.69, 9.17) is 5.84 Å². The molecule has 6 nitrogen and oxygen atoms in total. The zero-order chi connectivity index (χ0) is 12.4. The van der Waals surface area contributed by atoms with E-state index < -0.39 is 12.2 Å². The van der Waals surface area contributed by atoms with Gasteiger partial charge in [0.15, 0.2) is 0 Å². The Labute approximate surface area is 103 Å². The fourth-order valence-corrected chi connectivity index (χ4v) is 2.81. The van der Waals surface area contributed by atoms with Gasteiger partial charge in [0, 0.05) is 24.5 Å². The first-order chi connectivity index (χ1) is 8.10. The standard InChI is InChI=1S/C10H15N3O3S/c11-12-10(16)9-2-1-6(17-9)3-13-4-7(14)8(15)5-13/h1-2,7-8,14-15H,3-5,11H2,(H,12,16). The van der Waals surface area contributed by atoms with Crippen LogP contribution in [0.25, 0.3) is 0 Å². The molecule has 1 aliphatic heterocycles. The van der Waals surface area contributed by atoms with Gasteiger partial charge in [0.05, 0.1) is 17.1 Å². The van der Waals surface area contributed by atoms with Crippen molar-refractivity contribution in [2.45, 2.75) is 18.8 Å². The number of hydrazine groups is 1. The predicted molar refractivity (Wildman–Crippen MR) is 63.3 cm³/mol. The molecular weight excluding hydrogens is 242 g/mol. The van der Waals surface area contributed by atoms with Crippen LogP contribution in [0.5, 0.6) is 0 Å². The molecule has 1 aliphatic rings. The van der Waals surface area contributed by atoms with Crippen LogP contribution in [0, 0.1) is 0 Å². The van der Waals surface area contributed by atoms with Crippen molar-refractivity contribution >= 4 is 17.2 Å². The molecule has 0 bridgehead atoms. The number of likely N-dealkylation sites (tertiary alicyclic amines) is 1. The summed E-state index contributed by atoms with van der Waals surface area (Å²) in [6.45, 7) is 1.53. The third kappa shape index (κ3) is 2.82. The number of thiophene rings is 1. The molecule has 1 amide bonds. The van der Waals surface area contributed by atoms with Gasteiger partial charge < -0.3 is 10.2 Å². The van der Waals surface area contributed by atoms with Crippen LogP contribution < -0.4 is 11.3 Å². The lowest BCUT2D eigenvalue weighted by molar-refractivity contribution is 0.0572. The summed E-state index contributed by atoms with van der Waals surface area (Å²) in [6.07, 6.45) is -1.36. The maximum absolute atomic E-state index is 11.2. The average Bonchev–Trinajstić information content (AvgIpc) is 2.87. The number of amides is 1. The van der Waals surface area contributed by atoms with E-state index in [2.05, 4.69) is 5.43 Å². The van der Waals surface area contributed by atoms with Gasteiger partial charge in [-0.25, -0.2) is 5.84 Å². The number of carbonyl (C=O) groups excluding carboxylic acids is 1. The molecule has 0 aliphatic carbocycles. The maximum atomic E-state index is 11.2. The summed E-state index contributed by atoms with van der Waals surface area (Å²) in [4.78, 5) is 14.8. The number of β-amino-alcohol motifs (C(OH)–C–C–N with tert-alkyl or cyclic N) is 2. The third-order valence-electron chi connectivity index (χ3n) is 2.73. The van der Waals surface area contributed by atoms with Crippen molar-refractivity contribution < 1.29 is 15.0 Å². The van der Waals surface area contributed by atoms with Crippen LogP contribution in [0.2, 0.25) is 0 Å².